The van der Waals surface area contributed by atoms with Crippen molar-refractivity contribution in [2.75, 3.05) is 0 Å². The maximum Gasteiger partial charge on any atom is 0.336 e. The highest BCUT2D eigenvalue weighted by Gasteiger charge is 2.19. The summed E-state index contributed by atoms with van der Waals surface area (Å²) < 4.78 is 0. The molecule has 0 aromatic heterocycles. The molecule has 1 aromatic carbocycles. The minimum Gasteiger partial charge on any atom is -0.478 e. The van der Waals surface area contributed by atoms with Crippen LogP contribution >= 0.6 is 0 Å². The standard InChI is InChI=1S/C8H6O4.C8H16/c9-7(10)5-3-1-2-4-6(5)8(11)12;1-8(2)6-4-3-5-7-8/h1-4H,(H,9,10)(H,11,12);3-7H2,1-2H3. The zero-order chi connectivity index (χ0) is 15.2. The second kappa shape index (κ2) is 7.08. The molecule has 0 spiro atoms. The van der Waals surface area contributed by atoms with Crippen molar-refractivity contribution in [1.82, 2.24) is 0 Å². The molecule has 0 saturated heterocycles. The number of carbonyl (C=O) groups is 2. The van der Waals surface area contributed by atoms with Gasteiger partial charge in [0.2, 0.25) is 0 Å². The summed E-state index contributed by atoms with van der Waals surface area (Å²) in [5.74, 6) is -2.46. The largest absolute Gasteiger partial charge is 0.478 e. The highest BCUT2D eigenvalue weighted by atomic mass is 16.4. The maximum absolute atomic E-state index is 10.5. The molecule has 0 bridgehead atoms. The molecule has 0 heterocycles. The third-order valence-electron chi connectivity index (χ3n) is 3.59. The molecule has 4 nitrogen and oxygen atoms in total. The minimum atomic E-state index is -1.23. The number of rotatable bonds is 2. The zero-order valence-electron chi connectivity index (χ0n) is 12.1. The number of benzene rings is 1. The molecule has 2 N–H and O–H groups in total. The first-order chi connectivity index (χ1) is 9.33. The Morgan fingerprint density at radius 2 is 1.30 bits per heavy atom. The van der Waals surface area contributed by atoms with Crippen LogP contribution in [0.2, 0.25) is 0 Å². The van der Waals surface area contributed by atoms with Crippen LogP contribution in [0.4, 0.5) is 0 Å². The van der Waals surface area contributed by atoms with Crippen molar-refractivity contribution in [2.45, 2.75) is 46.0 Å². The Labute approximate surface area is 119 Å². The first-order valence-electron chi connectivity index (χ1n) is 6.89. The van der Waals surface area contributed by atoms with Crippen molar-refractivity contribution in [2.24, 2.45) is 5.41 Å². The van der Waals surface area contributed by atoms with E-state index in [0.717, 1.165) is 0 Å². The van der Waals surface area contributed by atoms with Gasteiger partial charge in [0.1, 0.15) is 0 Å². The fourth-order valence-electron chi connectivity index (χ4n) is 2.36. The normalized spacial score (nSPS) is 16.7. The van der Waals surface area contributed by atoms with Gasteiger partial charge >= 0.3 is 11.9 Å². The third kappa shape index (κ3) is 5.03. The molecule has 0 aliphatic heterocycles. The fourth-order valence-corrected chi connectivity index (χ4v) is 2.36. The van der Waals surface area contributed by atoms with Crippen LogP contribution in [0, 0.1) is 5.41 Å². The van der Waals surface area contributed by atoms with Crippen LogP contribution in [-0.2, 0) is 0 Å². The molecule has 1 aliphatic rings. The molecule has 4 heteroatoms. The van der Waals surface area contributed by atoms with E-state index in [-0.39, 0.29) is 11.1 Å². The van der Waals surface area contributed by atoms with Crippen molar-refractivity contribution in [3.8, 4) is 0 Å². The summed E-state index contributed by atoms with van der Waals surface area (Å²) in [6, 6.07) is 5.48. The smallest absolute Gasteiger partial charge is 0.336 e. The first-order valence-corrected chi connectivity index (χ1v) is 6.89. The lowest BCUT2D eigenvalue weighted by Crippen LogP contribution is -2.14. The van der Waals surface area contributed by atoms with E-state index in [1.165, 1.54) is 56.4 Å². The average Bonchev–Trinajstić information content (AvgIpc) is 2.39. The van der Waals surface area contributed by atoms with Gasteiger partial charge in [-0.05, 0) is 30.4 Å². The summed E-state index contributed by atoms with van der Waals surface area (Å²) in [5, 5.41) is 17.1. The van der Waals surface area contributed by atoms with Crippen molar-refractivity contribution >= 4 is 11.9 Å². The van der Waals surface area contributed by atoms with Gasteiger partial charge in [0, 0.05) is 0 Å². The van der Waals surface area contributed by atoms with Gasteiger partial charge in [-0.3, -0.25) is 0 Å². The van der Waals surface area contributed by atoms with Gasteiger partial charge in [-0.1, -0.05) is 45.2 Å². The molecule has 20 heavy (non-hydrogen) atoms. The minimum absolute atomic E-state index is 0.190. The predicted molar refractivity (Wildman–Crippen MR) is 77.2 cm³/mol. The van der Waals surface area contributed by atoms with Crippen LogP contribution in [0.3, 0.4) is 0 Å². The molecule has 1 aliphatic carbocycles. The van der Waals surface area contributed by atoms with Gasteiger partial charge in [-0.25, -0.2) is 9.59 Å². The summed E-state index contributed by atoms with van der Waals surface area (Å²) >= 11 is 0. The molecule has 0 radical (unpaired) electrons. The fraction of sp³-hybridized carbons (Fsp3) is 0.500. The van der Waals surface area contributed by atoms with Crippen LogP contribution in [0.1, 0.15) is 66.7 Å². The van der Waals surface area contributed by atoms with Gasteiger partial charge < -0.3 is 10.2 Å². The van der Waals surface area contributed by atoms with Crippen LogP contribution < -0.4 is 0 Å². The summed E-state index contributed by atoms with van der Waals surface area (Å²) in [7, 11) is 0. The lowest BCUT2D eigenvalue weighted by molar-refractivity contribution is 0.0651. The van der Waals surface area contributed by atoms with Crippen molar-refractivity contribution < 1.29 is 19.8 Å². The van der Waals surface area contributed by atoms with E-state index in [4.69, 9.17) is 10.2 Å². The quantitative estimate of drug-likeness (QED) is 0.855. The number of hydrogen-bond donors (Lipinski definition) is 2. The molecule has 110 valence electrons. The van der Waals surface area contributed by atoms with E-state index in [1.54, 1.807) is 0 Å². The molecule has 0 atom stereocenters. The van der Waals surface area contributed by atoms with Gasteiger partial charge in [0.05, 0.1) is 11.1 Å². The number of aromatic carboxylic acids is 2. The second-order valence-electron chi connectivity index (χ2n) is 5.88. The SMILES string of the molecule is CC1(C)CCCCC1.O=C(O)c1ccccc1C(=O)O. The summed E-state index contributed by atoms with van der Waals surface area (Å²) in [6.45, 7) is 4.76. The number of carboxylic acid groups (broad SMARTS) is 2. The Kier molecular flexibility index (Phi) is 5.74. The first kappa shape index (κ1) is 16.2. The highest BCUT2D eigenvalue weighted by Crippen LogP contribution is 2.34. The molecular weight excluding hydrogens is 256 g/mol. The Balaban J connectivity index is 0.000000217. The Bertz CT molecular complexity index is 436. The summed E-state index contributed by atoms with van der Waals surface area (Å²) in [6.07, 6.45) is 7.31. The summed E-state index contributed by atoms with van der Waals surface area (Å²) in [4.78, 5) is 20.9. The summed E-state index contributed by atoms with van der Waals surface area (Å²) in [5.41, 5.74) is 0.299. The molecule has 1 aromatic rings. The Morgan fingerprint density at radius 1 is 0.900 bits per heavy atom. The molecule has 2 rings (SSSR count). The Hall–Kier alpha value is -1.84. The number of carboxylic acids is 2. The van der Waals surface area contributed by atoms with Crippen molar-refractivity contribution in [1.29, 1.82) is 0 Å². The van der Waals surface area contributed by atoms with E-state index in [1.807, 2.05) is 0 Å². The van der Waals surface area contributed by atoms with E-state index < -0.39 is 11.9 Å². The maximum atomic E-state index is 10.5. The van der Waals surface area contributed by atoms with E-state index in [2.05, 4.69) is 13.8 Å². The third-order valence-corrected chi connectivity index (χ3v) is 3.59. The Morgan fingerprint density at radius 3 is 1.55 bits per heavy atom. The second-order valence-corrected chi connectivity index (χ2v) is 5.88. The lowest BCUT2D eigenvalue weighted by atomic mass is 9.78. The highest BCUT2D eigenvalue weighted by molar-refractivity contribution is 6.01. The average molecular weight is 278 g/mol. The topological polar surface area (TPSA) is 74.6 Å². The van der Waals surface area contributed by atoms with Crippen molar-refractivity contribution in [3.63, 3.8) is 0 Å². The van der Waals surface area contributed by atoms with Crippen LogP contribution in [0.25, 0.3) is 0 Å². The van der Waals surface area contributed by atoms with E-state index >= 15 is 0 Å². The van der Waals surface area contributed by atoms with Gasteiger partial charge in [0.25, 0.3) is 0 Å². The van der Waals surface area contributed by atoms with Crippen LogP contribution in [0.15, 0.2) is 24.3 Å². The number of hydrogen-bond acceptors (Lipinski definition) is 2. The molecule has 1 fully saturated rings. The van der Waals surface area contributed by atoms with Gasteiger partial charge in [0.15, 0.2) is 0 Å². The molecular formula is C16H22O4. The monoisotopic (exact) mass is 278 g/mol. The predicted octanol–water partition coefficient (Wildman–Crippen LogP) is 4.06. The van der Waals surface area contributed by atoms with Crippen molar-refractivity contribution in [3.05, 3.63) is 35.4 Å². The van der Waals surface area contributed by atoms with Crippen LogP contribution in [-0.4, -0.2) is 22.2 Å². The van der Waals surface area contributed by atoms with Gasteiger partial charge in [-0.15, -0.1) is 0 Å². The van der Waals surface area contributed by atoms with Gasteiger partial charge in [-0.2, -0.15) is 0 Å². The molecule has 0 unspecified atom stereocenters. The lowest BCUT2D eigenvalue weighted by Gasteiger charge is -2.28. The van der Waals surface area contributed by atoms with Crippen LogP contribution in [0.5, 0.6) is 0 Å². The molecule has 0 amide bonds. The van der Waals surface area contributed by atoms with E-state index in [0.29, 0.717) is 5.41 Å². The molecule has 1 saturated carbocycles. The van der Waals surface area contributed by atoms with E-state index in [9.17, 15) is 9.59 Å². The zero-order valence-corrected chi connectivity index (χ0v) is 12.1.